The average Bonchev–Trinajstić information content (AvgIpc) is 3.30. The van der Waals surface area contributed by atoms with Crippen LogP contribution in [0.2, 0.25) is 0 Å². The van der Waals surface area contributed by atoms with Crippen molar-refractivity contribution >= 4 is 17.7 Å². The Morgan fingerprint density at radius 2 is 2.13 bits per heavy atom. The first kappa shape index (κ1) is 15.3. The quantitative estimate of drug-likeness (QED) is 0.902. The minimum atomic E-state index is -0.407. The number of hydrogen-bond donors (Lipinski definition) is 1. The van der Waals surface area contributed by atoms with Gasteiger partial charge in [0.25, 0.3) is 0 Å². The van der Waals surface area contributed by atoms with Gasteiger partial charge in [-0.15, -0.1) is 0 Å². The van der Waals surface area contributed by atoms with Crippen LogP contribution >= 0.6 is 0 Å². The predicted octanol–water partition coefficient (Wildman–Crippen LogP) is 2.09. The van der Waals surface area contributed by atoms with Gasteiger partial charge in [0.1, 0.15) is 6.10 Å². The minimum absolute atomic E-state index is 0.0601. The number of cyclic esters (lactones) is 1. The molecule has 0 unspecified atom stereocenters. The summed E-state index contributed by atoms with van der Waals surface area (Å²) in [5.74, 6) is -0.0601. The van der Waals surface area contributed by atoms with Gasteiger partial charge < -0.3 is 10.1 Å². The molecule has 120 valence electrons. The van der Waals surface area contributed by atoms with E-state index in [0.29, 0.717) is 19.5 Å². The topological polar surface area (TPSA) is 82.4 Å². The van der Waals surface area contributed by atoms with E-state index in [-0.39, 0.29) is 17.4 Å². The zero-order chi connectivity index (χ0) is 16.4. The fourth-order valence-electron chi connectivity index (χ4n) is 2.74. The summed E-state index contributed by atoms with van der Waals surface area (Å²) in [5.41, 5.74) is 1.43. The molecule has 1 aliphatic heterocycles. The van der Waals surface area contributed by atoms with Crippen molar-refractivity contribution in [1.29, 1.82) is 5.26 Å². The highest BCUT2D eigenvalue weighted by atomic mass is 16.6. The van der Waals surface area contributed by atoms with Gasteiger partial charge in [-0.3, -0.25) is 9.69 Å². The number of ether oxygens (including phenoxy) is 1. The minimum Gasteiger partial charge on any atom is -0.442 e. The Hall–Kier alpha value is -2.55. The molecule has 1 saturated carbocycles. The van der Waals surface area contributed by atoms with E-state index in [4.69, 9.17) is 4.74 Å². The molecule has 2 fully saturated rings. The maximum Gasteiger partial charge on any atom is 0.414 e. The second-order valence-corrected chi connectivity index (χ2v) is 6.01. The molecule has 1 aromatic carbocycles. The Kier molecular flexibility index (Phi) is 3.95. The Bertz CT molecular complexity index is 659. The van der Waals surface area contributed by atoms with Crippen LogP contribution in [-0.4, -0.2) is 31.2 Å². The van der Waals surface area contributed by atoms with Gasteiger partial charge in [-0.1, -0.05) is 19.1 Å². The molecule has 1 aliphatic carbocycles. The van der Waals surface area contributed by atoms with Gasteiger partial charge in [0.05, 0.1) is 24.6 Å². The average molecular weight is 313 g/mol. The lowest BCUT2D eigenvalue weighted by atomic mass is 9.97. The standard InChI is InChI=1S/C17H19N3O3/c1-2-15(21)19-9-14-10-20(16(22)23-14)13-5-3-12(4-6-13)17(11-18)7-8-17/h3-6,14H,2,7-10H2,1H3,(H,19,21)/t14-/m0/s1. The fourth-order valence-corrected chi connectivity index (χ4v) is 2.74. The van der Waals surface area contributed by atoms with Crippen LogP contribution < -0.4 is 10.2 Å². The Labute approximate surface area is 135 Å². The van der Waals surface area contributed by atoms with Gasteiger partial charge in [-0.05, 0) is 30.5 Å². The summed E-state index contributed by atoms with van der Waals surface area (Å²) in [4.78, 5) is 24.8. The van der Waals surface area contributed by atoms with E-state index in [9.17, 15) is 14.9 Å². The first-order chi connectivity index (χ1) is 11.1. The third kappa shape index (κ3) is 3.00. The molecular formula is C17H19N3O3. The lowest BCUT2D eigenvalue weighted by Gasteiger charge is -2.14. The normalized spacial score (nSPS) is 21.5. The summed E-state index contributed by atoms with van der Waals surface area (Å²) in [6, 6.07) is 9.87. The number of anilines is 1. The molecule has 0 radical (unpaired) electrons. The van der Waals surface area contributed by atoms with Crippen molar-refractivity contribution in [3.8, 4) is 6.07 Å². The maximum absolute atomic E-state index is 12.0. The van der Waals surface area contributed by atoms with Gasteiger partial charge in [-0.2, -0.15) is 5.26 Å². The number of nitrogens with one attached hydrogen (secondary N) is 1. The van der Waals surface area contributed by atoms with E-state index in [1.54, 1.807) is 11.8 Å². The Morgan fingerprint density at radius 1 is 1.43 bits per heavy atom. The van der Waals surface area contributed by atoms with Gasteiger partial charge in [-0.25, -0.2) is 4.79 Å². The monoisotopic (exact) mass is 313 g/mol. The van der Waals surface area contributed by atoms with E-state index in [1.165, 1.54) is 0 Å². The molecule has 0 bridgehead atoms. The molecule has 1 aromatic rings. The smallest absolute Gasteiger partial charge is 0.414 e. The van der Waals surface area contributed by atoms with Gasteiger partial charge >= 0.3 is 6.09 Å². The third-order valence-electron chi connectivity index (χ3n) is 4.42. The highest BCUT2D eigenvalue weighted by molar-refractivity contribution is 5.89. The van der Waals surface area contributed by atoms with Gasteiger partial charge in [0, 0.05) is 12.1 Å². The van der Waals surface area contributed by atoms with Crippen molar-refractivity contribution in [3.05, 3.63) is 29.8 Å². The number of hydrogen-bond acceptors (Lipinski definition) is 4. The van der Waals surface area contributed by atoms with Crippen LogP contribution in [0.1, 0.15) is 31.7 Å². The lowest BCUT2D eigenvalue weighted by molar-refractivity contribution is -0.121. The molecule has 6 nitrogen and oxygen atoms in total. The van der Waals surface area contributed by atoms with Crippen LogP contribution in [0, 0.1) is 11.3 Å². The molecule has 2 amide bonds. The van der Waals surface area contributed by atoms with E-state index in [1.807, 2.05) is 24.3 Å². The first-order valence-corrected chi connectivity index (χ1v) is 7.84. The number of amides is 2. The summed E-state index contributed by atoms with van der Waals surface area (Å²) in [6.07, 6.45) is 1.45. The molecule has 6 heteroatoms. The summed E-state index contributed by atoms with van der Waals surface area (Å²) in [7, 11) is 0. The predicted molar refractivity (Wildman–Crippen MR) is 83.9 cm³/mol. The van der Waals surface area contributed by atoms with Crippen molar-refractivity contribution in [3.63, 3.8) is 0 Å². The first-order valence-electron chi connectivity index (χ1n) is 7.84. The molecule has 23 heavy (non-hydrogen) atoms. The van der Waals surface area contributed by atoms with Gasteiger partial charge in [0.2, 0.25) is 5.91 Å². The highest BCUT2D eigenvalue weighted by Gasteiger charge is 2.44. The Morgan fingerprint density at radius 3 is 2.70 bits per heavy atom. The van der Waals surface area contributed by atoms with Crippen molar-refractivity contribution in [2.24, 2.45) is 0 Å². The summed E-state index contributed by atoms with van der Waals surface area (Å²) in [5, 5.41) is 12.0. The van der Waals surface area contributed by atoms with Crippen LogP contribution in [0.3, 0.4) is 0 Å². The molecule has 1 heterocycles. The zero-order valence-corrected chi connectivity index (χ0v) is 13.0. The lowest BCUT2D eigenvalue weighted by Crippen LogP contribution is -2.34. The van der Waals surface area contributed by atoms with E-state index in [0.717, 1.165) is 24.1 Å². The van der Waals surface area contributed by atoms with Crippen LogP contribution in [0.4, 0.5) is 10.5 Å². The van der Waals surface area contributed by atoms with Crippen molar-refractivity contribution in [1.82, 2.24) is 5.32 Å². The van der Waals surface area contributed by atoms with E-state index in [2.05, 4.69) is 11.4 Å². The number of nitrogens with zero attached hydrogens (tertiary/aromatic N) is 2. The second-order valence-electron chi connectivity index (χ2n) is 6.01. The van der Waals surface area contributed by atoms with Crippen molar-refractivity contribution in [2.45, 2.75) is 37.7 Å². The maximum atomic E-state index is 12.0. The molecule has 1 N–H and O–H groups in total. The Balaban J connectivity index is 1.64. The summed E-state index contributed by atoms with van der Waals surface area (Å²) in [6.45, 7) is 2.51. The largest absolute Gasteiger partial charge is 0.442 e. The molecule has 0 spiro atoms. The van der Waals surface area contributed by atoms with Crippen LogP contribution in [-0.2, 0) is 14.9 Å². The highest BCUT2D eigenvalue weighted by Crippen LogP contribution is 2.47. The summed E-state index contributed by atoms with van der Waals surface area (Å²) >= 11 is 0. The number of nitriles is 1. The zero-order valence-electron chi connectivity index (χ0n) is 13.0. The molecule has 3 rings (SSSR count). The second kappa shape index (κ2) is 5.92. The number of rotatable bonds is 5. The fraction of sp³-hybridized carbons (Fsp3) is 0.471. The third-order valence-corrected chi connectivity index (χ3v) is 4.42. The van der Waals surface area contributed by atoms with Crippen molar-refractivity contribution < 1.29 is 14.3 Å². The molecule has 0 aromatic heterocycles. The molecule has 1 saturated heterocycles. The van der Waals surface area contributed by atoms with Crippen LogP contribution in [0.5, 0.6) is 0 Å². The van der Waals surface area contributed by atoms with E-state index < -0.39 is 6.09 Å². The molecular weight excluding hydrogens is 294 g/mol. The van der Waals surface area contributed by atoms with E-state index >= 15 is 0 Å². The van der Waals surface area contributed by atoms with Crippen LogP contribution in [0.15, 0.2) is 24.3 Å². The number of carbonyl (C=O) groups excluding carboxylic acids is 2. The van der Waals surface area contributed by atoms with Crippen LogP contribution in [0.25, 0.3) is 0 Å². The molecule has 1 atom stereocenters. The number of benzene rings is 1. The summed E-state index contributed by atoms with van der Waals surface area (Å²) < 4.78 is 5.27. The molecule has 2 aliphatic rings. The van der Waals surface area contributed by atoms with Gasteiger partial charge in [0.15, 0.2) is 0 Å². The number of carbonyl (C=O) groups is 2. The van der Waals surface area contributed by atoms with Crippen molar-refractivity contribution in [2.75, 3.05) is 18.0 Å². The SMILES string of the molecule is CCC(=O)NC[C@H]1CN(c2ccc(C3(C#N)CC3)cc2)C(=O)O1.